The molecular weight excluding hydrogens is 248 g/mol. The van der Waals surface area contributed by atoms with Crippen LogP contribution < -0.4 is 5.73 Å². The summed E-state index contributed by atoms with van der Waals surface area (Å²) < 4.78 is 2.04. The van der Waals surface area contributed by atoms with Crippen LogP contribution in [0.25, 0.3) is 11.1 Å². The topological polar surface area (TPSA) is 47.1 Å². The van der Waals surface area contributed by atoms with Gasteiger partial charge in [-0.05, 0) is 56.6 Å². The number of nitrogens with zero attached hydrogens (tertiary/aromatic N) is 3. The maximum atomic E-state index is 5.71. The van der Waals surface area contributed by atoms with Gasteiger partial charge in [-0.25, -0.2) is 0 Å². The first-order chi connectivity index (χ1) is 9.81. The number of nitrogens with two attached hydrogens (primary N) is 1. The SMILES string of the molecule is Nc1ccc(-c2cnn(CCCN3CCCC3)c2)cc1. The monoisotopic (exact) mass is 270 g/mol. The number of rotatable bonds is 5. The van der Waals surface area contributed by atoms with E-state index in [4.69, 9.17) is 5.73 Å². The lowest BCUT2D eigenvalue weighted by Crippen LogP contribution is -2.21. The zero-order valence-corrected chi connectivity index (χ0v) is 11.8. The third kappa shape index (κ3) is 3.20. The quantitative estimate of drug-likeness (QED) is 0.850. The van der Waals surface area contributed by atoms with Crippen LogP contribution in [0.4, 0.5) is 5.69 Å². The molecule has 0 bridgehead atoms. The molecule has 1 aromatic heterocycles. The van der Waals surface area contributed by atoms with Crippen LogP contribution in [0.15, 0.2) is 36.7 Å². The van der Waals surface area contributed by atoms with Crippen molar-refractivity contribution in [2.24, 2.45) is 0 Å². The van der Waals surface area contributed by atoms with E-state index in [1.807, 2.05) is 35.1 Å². The lowest BCUT2D eigenvalue weighted by Gasteiger charge is -2.13. The van der Waals surface area contributed by atoms with Crippen LogP contribution in [0.5, 0.6) is 0 Å². The molecule has 1 saturated heterocycles. The molecule has 4 heteroatoms. The number of anilines is 1. The number of aryl methyl sites for hydroxylation is 1. The summed E-state index contributed by atoms with van der Waals surface area (Å²) >= 11 is 0. The molecule has 1 aromatic carbocycles. The standard InChI is InChI=1S/C16H22N4/c17-16-6-4-14(5-7-16)15-12-18-20(13-15)11-3-10-19-8-1-2-9-19/h4-7,12-13H,1-3,8-11,17H2. The van der Waals surface area contributed by atoms with Crippen LogP contribution in [0.3, 0.4) is 0 Å². The van der Waals surface area contributed by atoms with Crippen molar-refractivity contribution >= 4 is 5.69 Å². The van der Waals surface area contributed by atoms with Gasteiger partial charge >= 0.3 is 0 Å². The minimum Gasteiger partial charge on any atom is -0.399 e. The Hall–Kier alpha value is -1.81. The minimum atomic E-state index is 0.798. The first-order valence-corrected chi connectivity index (χ1v) is 7.42. The Morgan fingerprint density at radius 3 is 2.50 bits per heavy atom. The van der Waals surface area contributed by atoms with Crippen LogP contribution in [0, 0.1) is 0 Å². The minimum absolute atomic E-state index is 0.798. The van der Waals surface area contributed by atoms with E-state index >= 15 is 0 Å². The third-order valence-electron chi connectivity index (χ3n) is 3.94. The van der Waals surface area contributed by atoms with Crippen molar-refractivity contribution in [2.45, 2.75) is 25.8 Å². The van der Waals surface area contributed by atoms with Gasteiger partial charge in [0.1, 0.15) is 0 Å². The summed E-state index contributed by atoms with van der Waals surface area (Å²) in [6.07, 6.45) is 7.95. The van der Waals surface area contributed by atoms with E-state index in [9.17, 15) is 0 Å². The van der Waals surface area contributed by atoms with Gasteiger partial charge in [0, 0.05) is 24.0 Å². The highest BCUT2D eigenvalue weighted by Crippen LogP contribution is 2.19. The van der Waals surface area contributed by atoms with Gasteiger partial charge in [0.2, 0.25) is 0 Å². The van der Waals surface area contributed by atoms with Gasteiger partial charge in [-0.2, -0.15) is 5.10 Å². The van der Waals surface area contributed by atoms with E-state index in [-0.39, 0.29) is 0 Å². The molecule has 106 valence electrons. The Bertz CT molecular complexity index is 538. The summed E-state index contributed by atoms with van der Waals surface area (Å²) in [7, 11) is 0. The molecule has 0 amide bonds. The van der Waals surface area contributed by atoms with Gasteiger partial charge in [0.25, 0.3) is 0 Å². The number of likely N-dealkylation sites (tertiary alicyclic amines) is 1. The van der Waals surface area contributed by atoms with Gasteiger partial charge in [-0.3, -0.25) is 4.68 Å². The summed E-state index contributed by atoms with van der Waals surface area (Å²) in [4.78, 5) is 2.55. The molecule has 0 saturated carbocycles. The fourth-order valence-electron chi connectivity index (χ4n) is 2.77. The molecule has 0 atom stereocenters. The van der Waals surface area contributed by atoms with Crippen molar-refractivity contribution in [1.29, 1.82) is 0 Å². The number of benzene rings is 1. The fraction of sp³-hybridized carbons (Fsp3) is 0.438. The molecule has 1 fully saturated rings. The van der Waals surface area contributed by atoms with Gasteiger partial charge in [0.15, 0.2) is 0 Å². The van der Waals surface area contributed by atoms with E-state index in [0.717, 1.165) is 17.8 Å². The molecular formula is C16H22N4. The van der Waals surface area contributed by atoms with E-state index in [2.05, 4.69) is 16.2 Å². The van der Waals surface area contributed by atoms with Crippen molar-refractivity contribution in [3.8, 4) is 11.1 Å². The Kier molecular flexibility index (Phi) is 4.02. The summed E-state index contributed by atoms with van der Waals surface area (Å²) in [5.74, 6) is 0. The van der Waals surface area contributed by atoms with Crippen LogP contribution >= 0.6 is 0 Å². The van der Waals surface area contributed by atoms with Crippen LogP contribution in [-0.4, -0.2) is 34.3 Å². The number of aromatic nitrogens is 2. The molecule has 2 N–H and O–H groups in total. The lowest BCUT2D eigenvalue weighted by atomic mass is 10.1. The molecule has 4 nitrogen and oxygen atoms in total. The van der Waals surface area contributed by atoms with Gasteiger partial charge in [0.05, 0.1) is 6.20 Å². The van der Waals surface area contributed by atoms with Gasteiger partial charge in [-0.15, -0.1) is 0 Å². The van der Waals surface area contributed by atoms with Crippen molar-refractivity contribution in [3.05, 3.63) is 36.7 Å². The average Bonchev–Trinajstić information content (AvgIpc) is 3.11. The second kappa shape index (κ2) is 6.09. The molecule has 0 radical (unpaired) electrons. The van der Waals surface area contributed by atoms with Crippen molar-refractivity contribution in [1.82, 2.24) is 14.7 Å². The third-order valence-corrected chi connectivity index (χ3v) is 3.94. The molecule has 0 unspecified atom stereocenters. The first kappa shape index (κ1) is 13.2. The molecule has 1 aliphatic heterocycles. The molecule has 0 spiro atoms. The predicted octanol–water partition coefficient (Wildman–Crippen LogP) is 2.62. The first-order valence-electron chi connectivity index (χ1n) is 7.42. The highest BCUT2D eigenvalue weighted by atomic mass is 15.3. The Labute approximate surface area is 120 Å². The van der Waals surface area contributed by atoms with Gasteiger partial charge < -0.3 is 10.6 Å². The highest BCUT2D eigenvalue weighted by molar-refractivity contribution is 5.63. The zero-order valence-electron chi connectivity index (χ0n) is 11.8. The summed E-state index contributed by atoms with van der Waals surface area (Å²) in [6, 6.07) is 7.95. The lowest BCUT2D eigenvalue weighted by molar-refractivity contribution is 0.322. The van der Waals surface area contributed by atoms with E-state index in [1.54, 1.807) is 0 Å². The zero-order chi connectivity index (χ0) is 13.8. The summed E-state index contributed by atoms with van der Waals surface area (Å²) in [5.41, 5.74) is 8.84. The molecule has 1 aliphatic rings. The molecule has 2 heterocycles. The fourth-order valence-corrected chi connectivity index (χ4v) is 2.77. The second-order valence-corrected chi connectivity index (χ2v) is 5.52. The summed E-state index contributed by atoms with van der Waals surface area (Å²) in [6.45, 7) is 4.73. The van der Waals surface area contributed by atoms with Crippen LogP contribution in [0.1, 0.15) is 19.3 Å². The number of hydrogen-bond acceptors (Lipinski definition) is 3. The molecule has 2 aromatic rings. The molecule has 0 aliphatic carbocycles. The Morgan fingerprint density at radius 1 is 1.00 bits per heavy atom. The molecule has 3 rings (SSSR count). The normalized spacial score (nSPS) is 15.8. The van der Waals surface area contributed by atoms with Crippen molar-refractivity contribution < 1.29 is 0 Å². The smallest absolute Gasteiger partial charge is 0.0568 e. The van der Waals surface area contributed by atoms with E-state index < -0.39 is 0 Å². The maximum absolute atomic E-state index is 5.71. The van der Waals surface area contributed by atoms with Crippen LogP contribution in [0.2, 0.25) is 0 Å². The van der Waals surface area contributed by atoms with Crippen molar-refractivity contribution in [3.63, 3.8) is 0 Å². The molecule has 20 heavy (non-hydrogen) atoms. The highest BCUT2D eigenvalue weighted by Gasteiger charge is 2.10. The second-order valence-electron chi connectivity index (χ2n) is 5.52. The van der Waals surface area contributed by atoms with E-state index in [0.29, 0.717) is 0 Å². The summed E-state index contributed by atoms with van der Waals surface area (Å²) in [5, 5.41) is 4.45. The van der Waals surface area contributed by atoms with Crippen molar-refractivity contribution in [2.75, 3.05) is 25.4 Å². The number of nitrogen functional groups attached to an aromatic ring is 1. The average molecular weight is 270 g/mol. The predicted molar refractivity (Wildman–Crippen MR) is 82.4 cm³/mol. The Morgan fingerprint density at radius 2 is 1.75 bits per heavy atom. The number of hydrogen-bond donors (Lipinski definition) is 1. The van der Waals surface area contributed by atoms with Crippen LogP contribution in [-0.2, 0) is 6.54 Å². The van der Waals surface area contributed by atoms with E-state index in [1.165, 1.54) is 44.5 Å². The Balaban J connectivity index is 1.55. The van der Waals surface area contributed by atoms with Gasteiger partial charge in [-0.1, -0.05) is 12.1 Å². The largest absolute Gasteiger partial charge is 0.399 e. The maximum Gasteiger partial charge on any atom is 0.0568 e.